The number of nitrogens with one attached hydrogen (secondary N) is 2. The van der Waals surface area contributed by atoms with E-state index in [1.165, 1.54) is 30.5 Å². The Labute approximate surface area is 235 Å². The standard InChI is InChI=1S/C28H29ClFN5O5/c29-22-12-19(3-4-23(22)30)33-28-18(15-31)16-32-24-14-26(40-20-5-11-39-17-20)25(13-21(24)28)34-27(38)2-1-6-35(7-9-36)8-10-37/h1-4,12-14,16,20,36-37H,5-11,17H2,(H,32,33)(H,34,38)/b2-1+. The van der Waals surface area contributed by atoms with E-state index >= 15 is 0 Å². The summed E-state index contributed by atoms with van der Waals surface area (Å²) in [5.41, 5.74) is 1.95. The molecule has 1 unspecified atom stereocenters. The van der Waals surface area contributed by atoms with E-state index < -0.39 is 11.7 Å². The molecule has 1 aliphatic heterocycles. The van der Waals surface area contributed by atoms with Gasteiger partial charge in [0.25, 0.3) is 0 Å². The molecule has 40 heavy (non-hydrogen) atoms. The highest BCUT2D eigenvalue weighted by Gasteiger charge is 2.21. The van der Waals surface area contributed by atoms with Crippen LogP contribution < -0.4 is 15.4 Å². The van der Waals surface area contributed by atoms with Crippen molar-refractivity contribution in [3.05, 3.63) is 65.1 Å². The summed E-state index contributed by atoms with van der Waals surface area (Å²) in [7, 11) is 0. The largest absolute Gasteiger partial charge is 0.486 e. The molecule has 2 heterocycles. The SMILES string of the molecule is N#Cc1cnc2cc(OC3CCOC3)c(NC(=O)/C=C/CN(CCO)CCO)cc2c1Nc1ccc(F)c(Cl)c1. The third-order valence-electron chi connectivity index (χ3n) is 6.18. The summed E-state index contributed by atoms with van der Waals surface area (Å²) in [6.45, 7) is 1.93. The number of amides is 1. The number of aromatic nitrogens is 1. The number of nitrogens with zero attached hydrogens (tertiary/aromatic N) is 3. The normalized spacial score (nSPS) is 15.1. The van der Waals surface area contributed by atoms with E-state index in [-0.39, 0.29) is 29.9 Å². The molecule has 4 N–H and O–H groups in total. The molecule has 12 heteroatoms. The first-order chi connectivity index (χ1) is 19.4. The summed E-state index contributed by atoms with van der Waals surface area (Å²) in [5.74, 6) is -0.608. The Hall–Kier alpha value is -3.79. The molecule has 4 rings (SSSR count). The van der Waals surface area contributed by atoms with Crippen molar-refractivity contribution in [2.45, 2.75) is 12.5 Å². The van der Waals surface area contributed by atoms with Crippen LogP contribution in [0.15, 0.2) is 48.7 Å². The highest BCUT2D eigenvalue weighted by molar-refractivity contribution is 6.31. The van der Waals surface area contributed by atoms with Crippen LogP contribution in [0.5, 0.6) is 5.75 Å². The molecule has 0 bridgehead atoms. The first-order valence-corrected chi connectivity index (χ1v) is 13.0. The van der Waals surface area contributed by atoms with Crippen LogP contribution >= 0.6 is 11.6 Å². The van der Waals surface area contributed by atoms with Gasteiger partial charge in [0.2, 0.25) is 5.91 Å². The third-order valence-corrected chi connectivity index (χ3v) is 6.47. The summed E-state index contributed by atoms with van der Waals surface area (Å²) >= 11 is 5.95. The van der Waals surface area contributed by atoms with Gasteiger partial charge in [-0.2, -0.15) is 5.26 Å². The van der Waals surface area contributed by atoms with Gasteiger partial charge < -0.3 is 30.3 Å². The van der Waals surface area contributed by atoms with Gasteiger partial charge in [0.05, 0.1) is 53.9 Å². The summed E-state index contributed by atoms with van der Waals surface area (Å²) in [4.78, 5) is 19.1. The molecular weight excluding hydrogens is 541 g/mol. The summed E-state index contributed by atoms with van der Waals surface area (Å²) in [5, 5.41) is 34.5. The summed E-state index contributed by atoms with van der Waals surface area (Å²) < 4.78 is 25.3. The van der Waals surface area contributed by atoms with Gasteiger partial charge in [-0.15, -0.1) is 0 Å². The monoisotopic (exact) mass is 569 g/mol. The number of carbonyl (C=O) groups excluding carboxylic acids is 1. The first kappa shape index (κ1) is 29.2. The Bertz CT molecular complexity index is 1420. The van der Waals surface area contributed by atoms with Gasteiger partial charge in [0.15, 0.2) is 0 Å². The average molecular weight is 570 g/mol. The molecule has 1 saturated heterocycles. The average Bonchev–Trinajstić information content (AvgIpc) is 3.45. The molecule has 0 radical (unpaired) electrons. The van der Waals surface area contributed by atoms with Crippen LogP contribution in [-0.2, 0) is 9.53 Å². The minimum atomic E-state index is -0.570. The lowest BCUT2D eigenvalue weighted by Crippen LogP contribution is -2.30. The number of pyridine rings is 1. The second-order valence-corrected chi connectivity index (χ2v) is 9.43. The first-order valence-electron chi connectivity index (χ1n) is 12.7. The number of nitriles is 1. The van der Waals surface area contributed by atoms with E-state index in [0.29, 0.717) is 73.0 Å². The molecule has 0 aliphatic carbocycles. The molecular formula is C28H29ClFN5O5. The van der Waals surface area contributed by atoms with Crippen LogP contribution in [0.2, 0.25) is 5.02 Å². The number of aliphatic hydroxyl groups excluding tert-OH is 2. The van der Waals surface area contributed by atoms with Crippen LogP contribution in [-0.4, -0.2) is 78.2 Å². The molecule has 2 aromatic carbocycles. The zero-order valence-electron chi connectivity index (χ0n) is 21.6. The van der Waals surface area contributed by atoms with Gasteiger partial charge in [-0.25, -0.2) is 4.39 Å². The molecule has 3 aromatic rings. The lowest BCUT2D eigenvalue weighted by Gasteiger charge is -2.19. The molecule has 1 amide bonds. The van der Waals surface area contributed by atoms with E-state index in [0.717, 1.165) is 0 Å². The highest BCUT2D eigenvalue weighted by Crippen LogP contribution is 2.37. The molecule has 0 spiro atoms. The van der Waals surface area contributed by atoms with Crippen molar-refractivity contribution in [2.75, 3.05) is 56.7 Å². The number of ether oxygens (including phenoxy) is 2. The van der Waals surface area contributed by atoms with E-state index in [4.69, 9.17) is 21.1 Å². The second kappa shape index (κ2) is 14.0. The van der Waals surface area contributed by atoms with Gasteiger partial charge in [0.1, 0.15) is 23.7 Å². The number of anilines is 3. The Kier molecular flexibility index (Phi) is 10.2. The molecule has 1 fully saturated rings. The topological polar surface area (TPSA) is 140 Å². The van der Waals surface area contributed by atoms with Crippen molar-refractivity contribution in [3.8, 4) is 11.8 Å². The van der Waals surface area contributed by atoms with E-state index in [9.17, 15) is 24.7 Å². The van der Waals surface area contributed by atoms with Crippen molar-refractivity contribution < 1.29 is 28.9 Å². The van der Waals surface area contributed by atoms with Crippen molar-refractivity contribution in [1.29, 1.82) is 5.26 Å². The van der Waals surface area contributed by atoms with Crippen molar-refractivity contribution in [1.82, 2.24) is 9.88 Å². The molecule has 10 nitrogen and oxygen atoms in total. The predicted molar refractivity (Wildman–Crippen MR) is 149 cm³/mol. The third kappa shape index (κ3) is 7.44. The van der Waals surface area contributed by atoms with E-state index in [1.807, 2.05) is 0 Å². The number of hydrogen-bond donors (Lipinski definition) is 4. The molecule has 210 valence electrons. The summed E-state index contributed by atoms with van der Waals surface area (Å²) in [6, 6.07) is 9.58. The van der Waals surface area contributed by atoms with Gasteiger partial charge in [-0.1, -0.05) is 17.7 Å². The number of rotatable bonds is 12. The molecule has 1 aromatic heterocycles. The van der Waals surface area contributed by atoms with Crippen LogP contribution in [0.3, 0.4) is 0 Å². The fourth-order valence-electron chi connectivity index (χ4n) is 4.20. The minimum Gasteiger partial charge on any atom is -0.486 e. The lowest BCUT2D eigenvalue weighted by molar-refractivity contribution is -0.111. The molecule has 1 atom stereocenters. The Balaban J connectivity index is 1.68. The second-order valence-electron chi connectivity index (χ2n) is 9.02. The minimum absolute atomic E-state index is 0.0675. The van der Waals surface area contributed by atoms with Gasteiger partial charge in [-0.05, 0) is 24.3 Å². The van der Waals surface area contributed by atoms with Gasteiger partial charge in [-0.3, -0.25) is 14.7 Å². The fraction of sp³-hybridized carbons (Fsp3) is 0.321. The maximum atomic E-state index is 13.7. The zero-order chi connectivity index (χ0) is 28.5. The van der Waals surface area contributed by atoms with E-state index in [2.05, 4.69) is 21.7 Å². The number of fused-ring (bicyclic) bond motifs is 1. The fourth-order valence-corrected chi connectivity index (χ4v) is 4.38. The maximum Gasteiger partial charge on any atom is 0.248 e. The number of carbonyl (C=O) groups is 1. The van der Waals surface area contributed by atoms with Crippen LogP contribution in [0.4, 0.5) is 21.5 Å². The highest BCUT2D eigenvalue weighted by atomic mass is 35.5. The predicted octanol–water partition coefficient (Wildman–Crippen LogP) is 3.59. The Morgan fingerprint density at radius 1 is 1.30 bits per heavy atom. The van der Waals surface area contributed by atoms with Crippen molar-refractivity contribution in [2.24, 2.45) is 0 Å². The summed E-state index contributed by atoms with van der Waals surface area (Å²) in [6.07, 6.45) is 4.90. The van der Waals surface area contributed by atoms with Gasteiger partial charge in [0, 0.05) is 55.5 Å². The number of benzene rings is 2. The maximum absolute atomic E-state index is 13.7. The lowest BCUT2D eigenvalue weighted by atomic mass is 10.1. The Morgan fingerprint density at radius 3 is 2.77 bits per heavy atom. The number of aliphatic hydroxyl groups is 2. The van der Waals surface area contributed by atoms with Crippen LogP contribution in [0.25, 0.3) is 10.9 Å². The van der Waals surface area contributed by atoms with Gasteiger partial charge >= 0.3 is 0 Å². The van der Waals surface area contributed by atoms with Crippen molar-refractivity contribution in [3.63, 3.8) is 0 Å². The van der Waals surface area contributed by atoms with Crippen LogP contribution in [0, 0.1) is 17.1 Å². The number of hydrogen-bond acceptors (Lipinski definition) is 9. The smallest absolute Gasteiger partial charge is 0.248 e. The quantitative estimate of drug-likeness (QED) is 0.241. The van der Waals surface area contributed by atoms with Crippen molar-refractivity contribution >= 4 is 45.5 Å². The molecule has 0 saturated carbocycles. The molecule has 1 aliphatic rings. The zero-order valence-corrected chi connectivity index (χ0v) is 22.3. The Morgan fingerprint density at radius 2 is 2.10 bits per heavy atom. The van der Waals surface area contributed by atoms with E-state index in [1.54, 1.807) is 23.1 Å². The number of halogens is 2. The van der Waals surface area contributed by atoms with Crippen LogP contribution in [0.1, 0.15) is 12.0 Å².